The molecule has 5 rings (SSSR count). The minimum absolute atomic E-state index is 0.0897. The summed E-state index contributed by atoms with van der Waals surface area (Å²) in [5, 5.41) is 21.0. The lowest BCUT2D eigenvalue weighted by Crippen LogP contribution is -2.57. The van der Waals surface area contributed by atoms with Gasteiger partial charge in [-0.1, -0.05) is 83.9 Å². The van der Waals surface area contributed by atoms with Crippen LogP contribution in [0.2, 0.25) is 0 Å². The molecule has 0 bridgehead atoms. The van der Waals surface area contributed by atoms with Crippen molar-refractivity contribution in [2.75, 3.05) is 0 Å². The summed E-state index contributed by atoms with van der Waals surface area (Å²) in [6.45, 7) is 7.89. The molecule has 0 aliphatic carbocycles. The highest BCUT2D eigenvalue weighted by atomic mass is 16.1. The van der Waals surface area contributed by atoms with Gasteiger partial charge in [0.2, 0.25) is 5.54 Å². The second-order valence-electron chi connectivity index (χ2n) is 9.76. The monoisotopic (exact) mass is 443 g/mol. The molecule has 4 nitrogen and oxygen atoms in total. The molecule has 2 aliphatic rings. The summed E-state index contributed by atoms with van der Waals surface area (Å²) < 4.78 is 0. The Balaban J connectivity index is 1.86. The smallest absolute Gasteiger partial charge is 0.224 e. The topological polar surface area (TPSA) is 67.9 Å². The van der Waals surface area contributed by atoms with Crippen LogP contribution in [0.25, 0.3) is 0 Å². The Bertz CT molecular complexity index is 1420. The number of hydrogen-bond acceptors (Lipinski definition) is 4. The first-order valence-electron chi connectivity index (χ1n) is 11.4. The van der Waals surface area contributed by atoms with Gasteiger partial charge in [-0.25, -0.2) is 4.90 Å². The van der Waals surface area contributed by atoms with E-state index in [0.29, 0.717) is 16.7 Å². The number of ketones is 1. The fraction of sp³-hybridized carbons (Fsp3) is 0.233. The molecule has 2 aliphatic heterocycles. The molecule has 0 radical (unpaired) electrons. The number of nitriles is 2. The highest BCUT2D eigenvalue weighted by molar-refractivity contribution is 6.11. The van der Waals surface area contributed by atoms with Gasteiger partial charge < -0.3 is 0 Å². The van der Waals surface area contributed by atoms with Crippen molar-refractivity contribution in [3.63, 3.8) is 0 Å². The maximum atomic E-state index is 13.9. The lowest BCUT2D eigenvalue weighted by Gasteiger charge is -2.45. The Morgan fingerprint density at radius 2 is 1.32 bits per heavy atom. The molecule has 0 aromatic heterocycles. The molecule has 1 atom stereocenters. The predicted molar refractivity (Wildman–Crippen MR) is 131 cm³/mol. The largest absolute Gasteiger partial charge is 0.289 e. The standard InChI is InChI=1S/C30H25N3O/c1-20-9-13-22(14-10-20)27(34)26-17-30(23-15-11-21(2)12-16-23)25-8-6-5-7-24(25)29(18-31,19-32)33(30)28(26,3)4/h5-17H,1-4H3. The number of benzene rings is 3. The normalized spacial score (nSPS) is 21.6. The van der Waals surface area contributed by atoms with Gasteiger partial charge in [-0.05, 0) is 44.9 Å². The van der Waals surface area contributed by atoms with E-state index >= 15 is 0 Å². The van der Waals surface area contributed by atoms with E-state index < -0.39 is 16.6 Å². The van der Waals surface area contributed by atoms with Gasteiger partial charge in [-0.3, -0.25) is 4.79 Å². The van der Waals surface area contributed by atoms with Crippen molar-refractivity contribution in [2.45, 2.75) is 44.3 Å². The maximum Gasteiger partial charge on any atom is 0.224 e. The van der Waals surface area contributed by atoms with Crippen molar-refractivity contribution in [3.8, 4) is 12.1 Å². The van der Waals surface area contributed by atoms with E-state index in [1.54, 1.807) is 0 Å². The molecule has 166 valence electrons. The molecule has 34 heavy (non-hydrogen) atoms. The third-order valence-electron chi connectivity index (χ3n) is 7.36. The molecule has 0 spiro atoms. The van der Waals surface area contributed by atoms with Crippen molar-refractivity contribution in [1.82, 2.24) is 4.90 Å². The molecule has 0 N–H and O–H groups in total. The van der Waals surface area contributed by atoms with E-state index in [1.165, 1.54) is 0 Å². The van der Waals surface area contributed by atoms with Gasteiger partial charge in [0, 0.05) is 22.2 Å². The second kappa shape index (κ2) is 7.26. The van der Waals surface area contributed by atoms with E-state index in [2.05, 4.69) is 12.1 Å². The maximum absolute atomic E-state index is 13.9. The zero-order valence-electron chi connectivity index (χ0n) is 19.8. The van der Waals surface area contributed by atoms with Crippen molar-refractivity contribution < 1.29 is 4.79 Å². The van der Waals surface area contributed by atoms with Crippen molar-refractivity contribution in [1.29, 1.82) is 10.5 Å². The van der Waals surface area contributed by atoms with Crippen LogP contribution in [0.4, 0.5) is 0 Å². The predicted octanol–water partition coefficient (Wildman–Crippen LogP) is 5.71. The Morgan fingerprint density at radius 1 is 0.794 bits per heavy atom. The van der Waals surface area contributed by atoms with Crippen LogP contribution in [-0.2, 0) is 11.1 Å². The molecule has 4 heteroatoms. The minimum Gasteiger partial charge on any atom is -0.289 e. The summed E-state index contributed by atoms with van der Waals surface area (Å²) in [7, 11) is 0. The van der Waals surface area contributed by atoms with E-state index in [4.69, 9.17) is 0 Å². The average molecular weight is 444 g/mol. The van der Waals surface area contributed by atoms with Crippen LogP contribution in [0.15, 0.2) is 84.4 Å². The van der Waals surface area contributed by atoms with Gasteiger partial charge >= 0.3 is 0 Å². The highest BCUT2D eigenvalue weighted by Crippen LogP contribution is 2.62. The number of Topliss-reactive ketones (excluding diaryl/α,β-unsaturated/α-hetero) is 1. The second-order valence-corrected chi connectivity index (χ2v) is 9.76. The lowest BCUT2D eigenvalue weighted by molar-refractivity contribution is 0.0494. The van der Waals surface area contributed by atoms with Crippen LogP contribution in [0.5, 0.6) is 0 Å². The Kier molecular flexibility index (Phi) is 4.66. The molecule has 3 aromatic carbocycles. The summed E-state index contributed by atoms with van der Waals surface area (Å²) in [6, 6.07) is 28.0. The third-order valence-corrected chi connectivity index (χ3v) is 7.36. The van der Waals surface area contributed by atoms with Gasteiger partial charge in [0.1, 0.15) is 12.1 Å². The molecule has 1 unspecified atom stereocenters. The summed E-state index contributed by atoms with van der Waals surface area (Å²) >= 11 is 0. The first kappa shape index (κ1) is 21.8. The van der Waals surface area contributed by atoms with Crippen LogP contribution in [0.3, 0.4) is 0 Å². The van der Waals surface area contributed by atoms with Gasteiger partial charge in [0.15, 0.2) is 5.78 Å². The highest BCUT2D eigenvalue weighted by Gasteiger charge is 2.68. The number of carbonyl (C=O) groups excluding carboxylic acids is 1. The number of rotatable bonds is 3. The minimum atomic E-state index is -1.54. The summed E-state index contributed by atoms with van der Waals surface area (Å²) in [5.74, 6) is -0.0897. The fourth-order valence-electron chi connectivity index (χ4n) is 5.77. The molecule has 3 aromatic rings. The molecular weight excluding hydrogens is 418 g/mol. The number of hydrogen-bond donors (Lipinski definition) is 0. The fourth-order valence-corrected chi connectivity index (χ4v) is 5.77. The van der Waals surface area contributed by atoms with Crippen LogP contribution in [0, 0.1) is 36.5 Å². The van der Waals surface area contributed by atoms with Gasteiger partial charge in [-0.2, -0.15) is 10.5 Å². The third kappa shape index (κ3) is 2.64. The average Bonchev–Trinajstić information content (AvgIpc) is 3.25. The zero-order chi connectivity index (χ0) is 24.3. The van der Waals surface area contributed by atoms with Crippen LogP contribution in [-0.4, -0.2) is 16.2 Å². The Hall–Kier alpha value is -3.99. The van der Waals surface area contributed by atoms with Crippen molar-refractivity contribution >= 4 is 5.78 Å². The lowest BCUT2D eigenvalue weighted by atomic mass is 9.81. The van der Waals surface area contributed by atoms with Crippen LogP contribution >= 0.6 is 0 Å². The first-order chi connectivity index (χ1) is 16.2. The molecule has 2 heterocycles. The van der Waals surface area contributed by atoms with Crippen molar-refractivity contribution in [3.05, 3.63) is 118 Å². The molecule has 0 saturated carbocycles. The SMILES string of the molecule is Cc1ccc(C(=O)C2=CC3(c4ccc(C)cc4)c4ccccc4C(C#N)(C#N)N3C2(C)C)cc1. The zero-order valence-corrected chi connectivity index (χ0v) is 19.8. The van der Waals surface area contributed by atoms with E-state index in [0.717, 1.165) is 22.3 Å². The van der Waals surface area contributed by atoms with Crippen LogP contribution in [0.1, 0.15) is 52.0 Å². The molecule has 0 saturated heterocycles. The van der Waals surface area contributed by atoms with Gasteiger partial charge in [0.25, 0.3) is 0 Å². The molecule has 0 amide bonds. The number of nitrogens with zero attached hydrogens (tertiary/aromatic N) is 3. The summed E-state index contributed by atoms with van der Waals surface area (Å²) in [6.07, 6.45) is 2.00. The number of aryl methyl sites for hydroxylation is 2. The molecule has 0 fully saturated rings. The summed E-state index contributed by atoms with van der Waals surface area (Å²) in [5.41, 5.74) is 2.48. The van der Waals surface area contributed by atoms with E-state index in [-0.39, 0.29) is 5.78 Å². The van der Waals surface area contributed by atoms with E-state index in [9.17, 15) is 15.3 Å². The quantitative estimate of drug-likeness (QED) is 0.487. The molecular formula is C30H25N3O. The van der Waals surface area contributed by atoms with Gasteiger partial charge in [0.05, 0.1) is 5.54 Å². The van der Waals surface area contributed by atoms with Crippen molar-refractivity contribution in [2.24, 2.45) is 0 Å². The van der Waals surface area contributed by atoms with Crippen LogP contribution < -0.4 is 0 Å². The first-order valence-corrected chi connectivity index (χ1v) is 11.4. The Morgan fingerprint density at radius 3 is 1.88 bits per heavy atom. The number of carbonyl (C=O) groups is 1. The van der Waals surface area contributed by atoms with Gasteiger partial charge in [-0.15, -0.1) is 0 Å². The van der Waals surface area contributed by atoms with E-state index in [1.807, 2.05) is 111 Å². The summed E-state index contributed by atoms with van der Waals surface area (Å²) in [4.78, 5) is 15.8. The Labute approximate surface area is 200 Å². The number of fused-ring (bicyclic) bond motifs is 3.